The van der Waals surface area contributed by atoms with Crippen LogP contribution in [0.1, 0.15) is 51.9 Å². The molecule has 0 aliphatic heterocycles. The van der Waals surface area contributed by atoms with Crippen molar-refractivity contribution >= 4 is 15.8 Å². The van der Waals surface area contributed by atoms with Crippen LogP contribution < -0.4 is 10.5 Å². The molecule has 2 rings (SSSR count). The van der Waals surface area contributed by atoms with Crippen molar-refractivity contribution in [3.63, 3.8) is 0 Å². The zero-order valence-electron chi connectivity index (χ0n) is 12.6. The van der Waals surface area contributed by atoms with Crippen molar-refractivity contribution in [1.29, 1.82) is 0 Å². The molecule has 0 bridgehead atoms. The second-order valence-electron chi connectivity index (χ2n) is 5.90. The number of sulfonamides is 1. The van der Waals surface area contributed by atoms with Gasteiger partial charge in [-0.2, -0.15) is 0 Å². The van der Waals surface area contributed by atoms with Crippen molar-refractivity contribution in [2.45, 2.75) is 62.8 Å². The molecule has 5 nitrogen and oxygen atoms in total. The van der Waals surface area contributed by atoms with Crippen LogP contribution in [-0.4, -0.2) is 19.4 Å². The molecule has 0 radical (unpaired) electrons. The molecule has 0 atom stereocenters. The number of nitrogens with zero attached hydrogens (tertiary/aromatic N) is 1. The summed E-state index contributed by atoms with van der Waals surface area (Å²) in [5, 5.41) is 8.49. The van der Waals surface area contributed by atoms with Crippen LogP contribution in [0.3, 0.4) is 0 Å². The average molecular weight is 311 g/mol. The van der Waals surface area contributed by atoms with E-state index in [9.17, 15) is 8.42 Å². The van der Waals surface area contributed by atoms with Gasteiger partial charge in [0.15, 0.2) is 0 Å². The van der Waals surface area contributed by atoms with Crippen LogP contribution in [0.15, 0.2) is 23.2 Å². The summed E-state index contributed by atoms with van der Waals surface area (Å²) < 4.78 is 23.1. The Morgan fingerprint density at radius 1 is 1.33 bits per heavy atom. The van der Waals surface area contributed by atoms with Gasteiger partial charge in [-0.3, -0.25) is 0 Å². The number of nitrogens with one attached hydrogen (secondary N) is 1. The van der Waals surface area contributed by atoms with Crippen molar-refractivity contribution in [3.8, 4) is 0 Å². The summed E-state index contributed by atoms with van der Waals surface area (Å²) in [4.78, 5) is 4.22. The monoisotopic (exact) mass is 311 g/mol. The summed E-state index contributed by atoms with van der Waals surface area (Å²) in [7, 11) is -3.73. The molecule has 1 heterocycles. The first-order valence-electron chi connectivity index (χ1n) is 7.75. The van der Waals surface area contributed by atoms with Crippen molar-refractivity contribution < 1.29 is 8.42 Å². The highest BCUT2D eigenvalue weighted by Gasteiger charge is 2.23. The Morgan fingerprint density at radius 2 is 2.05 bits per heavy atom. The third-order valence-electron chi connectivity index (χ3n) is 4.23. The summed E-state index contributed by atoms with van der Waals surface area (Å²) in [6.07, 6.45) is 10.00. The maximum atomic E-state index is 11.6. The number of aromatic nitrogens is 1. The summed E-state index contributed by atoms with van der Waals surface area (Å²) in [6, 6.07) is 3.38. The number of rotatable bonds is 6. The first kappa shape index (κ1) is 16.2. The van der Waals surface area contributed by atoms with E-state index in [0.717, 1.165) is 18.8 Å². The van der Waals surface area contributed by atoms with Gasteiger partial charge in [-0.05, 0) is 43.7 Å². The number of anilines is 1. The lowest BCUT2D eigenvalue weighted by atomic mass is 9.83. The molecule has 1 fully saturated rings. The van der Waals surface area contributed by atoms with Crippen molar-refractivity contribution in [2.75, 3.05) is 5.32 Å². The molecule has 21 heavy (non-hydrogen) atoms. The number of hydrogen-bond donors (Lipinski definition) is 2. The van der Waals surface area contributed by atoms with E-state index >= 15 is 0 Å². The number of primary sulfonamides is 1. The number of hydrogen-bond acceptors (Lipinski definition) is 4. The number of pyridine rings is 1. The summed E-state index contributed by atoms with van der Waals surface area (Å²) in [5.41, 5.74) is 0. The van der Waals surface area contributed by atoms with E-state index in [1.165, 1.54) is 38.2 Å². The Balaban J connectivity index is 1.95. The average Bonchev–Trinajstić information content (AvgIpc) is 2.46. The highest BCUT2D eigenvalue weighted by molar-refractivity contribution is 7.89. The van der Waals surface area contributed by atoms with Crippen molar-refractivity contribution in [3.05, 3.63) is 18.3 Å². The molecule has 1 aromatic rings. The highest BCUT2D eigenvalue weighted by atomic mass is 32.2. The molecule has 118 valence electrons. The fourth-order valence-electron chi connectivity index (χ4n) is 3.01. The Morgan fingerprint density at radius 3 is 2.67 bits per heavy atom. The van der Waals surface area contributed by atoms with Crippen LogP contribution in [0.5, 0.6) is 0 Å². The summed E-state index contributed by atoms with van der Waals surface area (Å²) in [5.74, 6) is 1.21. The Hall–Kier alpha value is -1.14. The Labute approximate surface area is 127 Å². The lowest BCUT2D eigenvalue weighted by Gasteiger charge is -2.29. The summed E-state index contributed by atoms with van der Waals surface area (Å²) in [6.45, 7) is 2.23. The lowest BCUT2D eigenvalue weighted by Crippen LogP contribution is -2.28. The number of unbranched alkanes of at least 4 members (excludes halogenated alkanes) is 1. The second-order valence-corrected chi connectivity index (χ2v) is 7.43. The van der Waals surface area contributed by atoms with Crippen LogP contribution in [0.4, 0.5) is 5.82 Å². The third-order valence-corrected chi connectivity index (χ3v) is 5.17. The van der Waals surface area contributed by atoms with Crippen LogP contribution in [0, 0.1) is 5.92 Å². The predicted octanol–water partition coefficient (Wildman–Crippen LogP) is 2.89. The summed E-state index contributed by atoms with van der Waals surface area (Å²) >= 11 is 0. The minimum Gasteiger partial charge on any atom is -0.366 e. The van der Waals surface area contributed by atoms with Crippen molar-refractivity contribution in [2.24, 2.45) is 11.1 Å². The minimum atomic E-state index is -3.73. The van der Waals surface area contributed by atoms with Gasteiger partial charge in [-0.1, -0.05) is 26.2 Å². The van der Waals surface area contributed by atoms with Gasteiger partial charge in [0.2, 0.25) is 10.0 Å². The Bertz CT molecular complexity index is 552. The van der Waals surface area contributed by atoms with E-state index in [1.807, 2.05) is 0 Å². The maximum Gasteiger partial charge on any atom is 0.241 e. The highest BCUT2D eigenvalue weighted by Crippen LogP contribution is 2.30. The first-order chi connectivity index (χ1) is 10.0. The quantitative estimate of drug-likeness (QED) is 0.846. The van der Waals surface area contributed by atoms with Gasteiger partial charge in [-0.15, -0.1) is 0 Å². The molecule has 3 N–H and O–H groups in total. The standard InChI is InChI=1S/C15H25N3O2S/c1-2-3-5-12-7-9-13(10-8-12)18-15-14(21(16,19)20)6-4-11-17-15/h4,6,11-13H,2-3,5,7-10H2,1H3,(H,17,18)(H2,16,19,20). The fraction of sp³-hybridized carbons (Fsp3) is 0.667. The third kappa shape index (κ3) is 4.68. The van der Waals surface area contributed by atoms with Crippen LogP contribution in [-0.2, 0) is 10.0 Å². The van der Waals surface area contributed by atoms with Gasteiger partial charge < -0.3 is 5.32 Å². The van der Waals surface area contributed by atoms with E-state index in [0.29, 0.717) is 11.9 Å². The topological polar surface area (TPSA) is 85.1 Å². The van der Waals surface area contributed by atoms with E-state index in [2.05, 4.69) is 17.2 Å². The van der Waals surface area contributed by atoms with Crippen LogP contribution in [0.25, 0.3) is 0 Å². The normalized spacial score (nSPS) is 23.0. The van der Waals surface area contributed by atoms with E-state index in [-0.39, 0.29) is 4.90 Å². The van der Waals surface area contributed by atoms with E-state index in [1.54, 1.807) is 12.3 Å². The molecule has 1 saturated carbocycles. The zero-order chi connectivity index (χ0) is 15.3. The molecule has 0 unspecified atom stereocenters. The van der Waals surface area contributed by atoms with Gasteiger partial charge in [0, 0.05) is 12.2 Å². The van der Waals surface area contributed by atoms with E-state index in [4.69, 9.17) is 5.14 Å². The maximum absolute atomic E-state index is 11.6. The van der Waals surface area contributed by atoms with Gasteiger partial charge in [0.1, 0.15) is 10.7 Å². The molecule has 1 aliphatic carbocycles. The molecule has 6 heteroatoms. The first-order valence-corrected chi connectivity index (χ1v) is 9.29. The molecule has 0 spiro atoms. The van der Waals surface area contributed by atoms with Gasteiger partial charge in [0.25, 0.3) is 0 Å². The number of nitrogens with two attached hydrogens (primary N) is 1. The molecule has 0 saturated heterocycles. The van der Waals surface area contributed by atoms with Crippen LogP contribution in [0.2, 0.25) is 0 Å². The Kier molecular flexibility index (Phi) is 5.58. The zero-order valence-corrected chi connectivity index (χ0v) is 13.4. The smallest absolute Gasteiger partial charge is 0.241 e. The second kappa shape index (κ2) is 7.22. The molecular formula is C15H25N3O2S. The van der Waals surface area contributed by atoms with Crippen molar-refractivity contribution in [1.82, 2.24) is 4.98 Å². The largest absolute Gasteiger partial charge is 0.366 e. The van der Waals surface area contributed by atoms with Gasteiger partial charge >= 0.3 is 0 Å². The molecule has 0 amide bonds. The molecule has 0 aromatic carbocycles. The van der Waals surface area contributed by atoms with Crippen LogP contribution >= 0.6 is 0 Å². The SMILES string of the molecule is CCCCC1CCC(Nc2ncccc2S(N)(=O)=O)CC1. The molecule has 1 aliphatic rings. The van der Waals surface area contributed by atoms with E-state index < -0.39 is 10.0 Å². The predicted molar refractivity (Wildman–Crippen MR) is 84.5 cm³/mol. The minimum absolute atomic E-state index is 0.0816. The lowest BCUT2D eigenvalue weighted by molar-refractivity contribution is 0.314. The molecule has 1 aromatic heterocycles. The van der Waals surface area contributed by atoms with Gasteiger partial charge in [-0.25, -0.2) is 18.5 Å². The fourth-order valence-corrected chi connectivity index (χ4v) is 3.66. The van der Waals surface area contributed by atoms with Gasteiger partial charge in [0.05, 0.1) is 0 Å². The molecular weight excluding hydrogens is 286 g/mol.